The van der Waals surface area contributed by atoms with Crippen molar-refractivity contribution in [2.75, 3.05) is 7.11 Å². The lowest BCUT2D eigenvalue weighted by molar-refractivity contribution is 0.00578. The summed E-state index contributed by atoms with van der Waals surface area (Å²) in [7, 11) is 1.21. The van der Waals surface area contributed by atoms with Crippen LogP contribution in [0.4, 0.5) is 0 Å². The van der Waals surface area contributed by atoms with Gasteiger partial charge in [0.25, 0.3) is 0 Å². The van der Waals surface area contributed by atoms with Gasteiger partial charge in [-0.05, 0) is 58.0 Å². The Kier molecular flexibility index (Phi) is 5.84. The summed E-state index contributed by atoms with van der Waals surface area (Å²) in [6.45, 7) is 17.0. The molecule has 0 radical (unpaired) electrons. The second kappa shape index (κ2) is 7.10. The molecule has 140 valence electrons. The topological polar surface area (TPSA) is 52.6 Å². The fourth-order valence-corrected chi connectivity index (χ4v) is 3.19. The lowest BCUT2D eigenvalue weighted by atomic mass is 9.80. The number of hydrogen-bond donors (Lipinski definition) is 1. The van der Waals surface area contributed by atoms with Gasteiger partial charge in [-0.15, -0.1) is 0 Å². The summed E-state index contributed by atoms with van der Waals surface area (Å²) in [5, 5.41) is 0. The van der Waals surface area contributed by atoms with E-state index in [2.05, 4.69) is 37.4 Å². The molecule has 0 spiro atoms. The van der Waals surface area contributed by atoms with Crippen LogP contribution < -0.4 is 14.9 Å². The average Bonchev–Trinajstić information content (AvgIpc) is 2.71. The van der Waals surface area contributed by atoms with E-state index in [0.29, 0.717) is 11.9 Å². The van der Waals surface area contributed by atoms with Crippen LogP contribution in [0.15, 0.2) is 17.2 Å². The monoisotopic (exact) mass is 366 g/mol. The number of methoxy groups -OCH3 is 1. The maximum Gasteiger partial charge on any atom is 0.496 e. The fraction of sp³-hybridized carbons (Fsp3) is 0.722. The molecular weight excluding hydrogens is 335 g/mol. The summed E-state index contributed by atoms with van der Waals surface area (Å²) in [4.78, 5) is 5.36. The second-order valence-corrected chi connectivity index (χ2v) is 9.55. The maximum atomic E-state index is 6.13. The molecule has 1 N–H and O–H groups in total. The molecule has 2 rings (SSSR count). The highest BCUT2D eigenvalue weighted by Gasteiger charge is 2.51. The Labute approximate surface area is 156 Å². The van der Waals surface area contributed by atoms with Crippen molar-refractivity contribution in [3.63, 3.8) is 0 Å². The van der Waals surface area contributed by atoms with Gasteiger partial charge in [0.1, 0.15) is 0 Å². The summed E-state index contributed by atoms with van der Waals surface area (Å²) in [5.41, 5.74) is 0.317. The molecule has 1 aromatic heterocycles. The summed E-state index contributed by atoms with van der Waals surface area (Å²) in [6.07, 6.45) is 1.76. The number of pyridine rings is 1. The zero-order valence-corrected chi connectivity index (χ0v) is 17.7. The zero-order valence-electron chi connectivity index (χ0n) is 16.9. The first-order chi connectivity index (χ1) is 11.4. The molecule has 0 bridgehead atoms. The predicted octanol–water partition coefficient (Wildman–Crippen LogP) is 3.42. The highest BCUT2D eigenvalue weighted by molar-refractivity contribution is 7.97. The lowest BCUT2D eigenvalue weighted by Crippen LogP contribution is -2.41. The van der Waals surface area contributed by atoms with E-state index < -0.39 is 7.12 Å². The second-order valence-electron chi connectivity index (χ2n) is 8.67. The lowest BCUT2D eigenvalue weighted by Gasteiger charge is -2.32. The molecule has 0 amide bonds. The van der Waals surface area contributed by atoms with Crippen LogP contribution >= 0.6 is 11.9 Å². The van der Waals surface area contributed by atoms with E-state index in [1.54, 1.807) is 13.3 Å². The summed E-state index contributed by atoms with van der Waals surface area (Å²) < 4.78 is 21.1. The molecule has 25 heavy (non-hydrogen) atoms. The van der Waals surface area contributed by atoms with Crippen LogP contribution in [0.2, 0.25) is 0 Å². The normalized spacial score (nSPS) is 20.6. The number of nitrogens with zero attached hydrogens (tertiary/aromatic N) is 1. The molecule has 1 aliphatic rings. The van der Waals surface area contributed by atoms with Crippen molar-refractivity contribution in [3.05, 3.63) is 12.3 Å². The van der Waals surface area contributed by atoms with Crippen LogP contribution in [0.25, 0.3) is 0 Å². The largest absolute Gasteiger partial charge is 0.496 e. The van der Waals surface area contributed by atoms with E-state index in [4.69, 9.17) is 14.0 Å². The Morgan fingerprint density at radius 3 is 2.24 bits per heavy atom. The van der Waals surface area contributed by atoms with Crippen LogP contribution in [0.5, 0.6) is 5.88 Å². The minimum atomic E-state index is -0.428. The minimum Gasteiger partial charge on any atom is -0.480 e. The van der Waals surface area contributed by atoms with Gasteiger partial charge in [0.15, 0.2) is 0 Å². The average molecular weight is 366 g/mol. The van der Waals surface area contributed by atoms with E-state index in [9.17, 15) is 0 Å². The highest BCUT2D eigenvalue weighted by Crippen LogP contribution is 2.37. The van der Waals surface area contributed by atoms with Crippen LogP contribution in [0, 0.1) is 5.41 Å². The van der Waals surface area contributed by atoms with Crippen LogP contribution in [-0.4, -0.2) is 36.5 Å². The van der Waals surface area contributed by atoms with Crippen LogP contribution in [0.1, 0.15) is 55.4 Å². The van der Waals surface area contributed by atoms with E-state index in [1.165, 1.54) is 11.9 Å². The van der Waals surface area contributed by atoms with Gasteiger partial charge >= 0.3 is 7.12 Å². The summed E-state index contributed by atoms with van der Waals surface area (Å²) >= 11 is 1.53. The molecule has 7 heteroatoms. The van der Waals surface area contributed by atoms with Crippen molar-refractivity contribution in [1.29, 1.82) is 0 Å². The van der Waals surface area contributed by atoms with E-state index in [0.717, 1.165) is 10.4 Å². The molecule has 0 aliphatic carbocycles. The first-order valence-corrected chi connectivity index (χ1v) is 9.51. The third-order valence-corrected chi connectivity index (χ3v) is 6.19. The third kappa shape index (κ3) is 4.51. The van der Waals surface area contributed by atoms with Gasteiger partial charge in [0.2, 0.25) is 5.88 Å². The smallest absolute Gasteiger partial charge is 0.480 e. The standard InChI is InChI=1S/C18H31BN2O3S/c1-12(16(2,3)4)21-25-14-10-13(11-20-15(14)22-9)19-23-17(5,6)18(7,8)24-19/h10-12,21H,1-9H3. The first-order valence-electron chi connectivity index (χ1n) is 8.69. The number of rotatable bonds is 5. The predicted molar refractivity (Wildman–Crippen MR) is 104 cm³/mol. The van der Waals surface area contributed by atoms with Gasteiger partial charge in [-0.1, -0.05) is 20.8 Å². The molecule has 1 aromatic rings. The Bertz CT molecular complexity index is 601. The molecule has 1 saturated heterocycles. The van der Waals surface area contributed by atoms with Gasteiger partial charge in [-0.25, -0.2) is 4.98 Å². The fourth-order valence-electron chi connectivity index (χ4n) is 2.11. The molecule has 1 fully saturated rings. The van der Waals surface area contributed by atoms with Gasteiger partial charge in [0.05, 0.1) is 23.2 Å². The van der Waals surface area contributed by atoms with Gasteiger partial charge in [0, 0.05) is 17.7 Å². The minimum absolute atomic E-state index is 0.164. The van der Waals surface area contributed by atoms with Crippen molar-refractivity contribution in [3.8, 4) is 5.88 Å². The Balaban J connectivity index is 2.20. The number of hydrogen-bond acceptors (Lipinski definition) is 6. The van der Waals surface area contributed by atoms with Crippen LogP contribution in [0.3, 0.4) is 0 Å². The van der Waals surface area contributed by atoms with E-state index in [1.807, 2.05) is 33.8 Å². The molecule has 2 heterocycles. The SMILES string of the molecule is COc1ncc(B2OC(C)(C)C(C)(C)O2)cc1SNC(C)C(C)(C)C. The van der Waals surface area contributed by atoms with Crippen molar-refractivity contribution in [2.45, 2.75) is 77.5 Å². The summed E-state index contributed by atoms with van der Waals surface area (Å²) in [6, 6.07) is 2.35. The third-order valence-electron chi connectivity index (χ3n) is 5.20. The molecule has 1 unspecified atom stereocenters. The van der Waals surface area contributed by atoms with Crippen molar-refractivity contribution < 1.29 is 14.0 Å². The maximum absolute atomic E-state index is 6.13. The number of aromatic nitrogens is 1. The molecule has 1 aliphatic heterocycles. The molecule has 0 aromatic carbocycles. The van der Waals surface area contributed by atoms with E-state index >= 15 is 0 Å². The number of nitrogens with one attached hydrogen (secondary N) is 1. The Morgan fingerprint density at radius 2 is 1.76 bits per heavy atom. The molecule has 5 nitrogen and oxygen atoms in total. The number of ether oxygens (including phenoxy) is 1. The highest BCUT2D eigenvalue weighted by atomic mass is 32.2. The quantitative estimate of drug-likeness (QED) is 0.637. The van der Waals surface area contributed by atoms with Gasteiger partial charge in [-0.2, -0.15) is 0 Å². The van der Waals surface area contributed by atoms with Gasteiger partial charge < -0.3 is 14.0 Å². The molecule has 1 atom stereocenters. The Morgan fingerprint density at radius 1 is 1.20 bits per heavy atom. The first kappa shape index (κ1) is 20.6. The molecular formula is C18H31BN2O3S. The zero-order chi connectivity index (χ0) is 19.0. The van der Waals surface area contributed by atoms with Crippen molar-refractivity contribution in [2.24, 2.45) is 5.41 Å². The van der Waals surface area contributed by atoms with E-state index in [-0.39, 0.29) is 16.6 Å². The van der Waals surface area contributed by atoms with Crippen molar-refractivity contribution >= 4 is 24.5 Å². The molecule has 0 saturated carbocycles. The van der Waals surface area contributed by atoms with Gasteiger partial charge in [-0.3, -0.25) is 4.72 Å². The van der Waals surface area contributed by atoms with Crippen molar-refractivity contribution in [1.82, 2.24) is 9.71 Å². The van der Waals surface area contributed by atoms with Crippen LogP contribution in [-0.2, 0) is 9.31 Å². The Hall–Kier alpha value is -0.755. The summed E-state index contributed by atoms with van der Waals surface area (Å²) in [5.74, 6) is 0.596.